The third kappa shape index (κ3) is 8.43. The number of carboxylic acid groups (broad SMARTS) is 1. The molecule has 2 aromatic carbocycles. The van der Waals surface area contributed by atoms with E-state index < -0.39 is 35.9 Å². The number of aliphatic carboxylic acids is 1. The number of amides is 2. The van der Waals surface area contributed by atoms with Crippen LogP contribution in [0, 0.1) is 0 Å². The van der Waals surface area contributed by atoms with Crippen LogP contribution in [0.3, 0.4) is 0 Å². The van der Waals surface area contributed by atoms with Gasteiger partial charge in [-0.05, 0) is 36.0 Å². The van der Waals surface area contributed by atoms with E-state index in [0.717, 1.165) is 11.1 Å². The van der Waals surface area contributed by atoms with Crippen LogP contribution in [0.25, 0.3) is 0 Å². The van der Waals surface area contributed by atoms with Crippen molar-refractivity contribution in [2.45, 2.75) is 37.4 Å². The lowest BCUT2D eigenvalue weighted by molar-refractivity contribution is -0.142. The number of benzene rings is 2. The summed E-state index contributed by atoms with van der Waals surface area (Å²) in [5.74, 6) is -1.52. The van der Waals surface area contributed by atoms with Crippen LogP contribution in [0.4, 0.5) is 0 Å². The maximum Gasteiger partial charge on any atom is 0.326 e. The van der Waals surface area contributed by atoms with Crippen molar-refractivity contribution < 1.29 is 19.5 Å². The van der Waals surface area contributed by atoms with Crippen LogP contribution in [0.1, 0.15) is 17.5 Å². The van der Waals surface area contributed by atoms with E-state index in [-0.39, 0.29) is 6.42 Å². The summed E-state index contributed by atoms with van der Waals surface area (Å²) >= 11 is 1.50. The van der Waals surface area contributed by atoms with Gasteiger partial charge >= 0.3 is 5.97 Å². The molecule has 0 aliphatic carbocycles. The molecule has 2 rings (SSSR count). The van der Waals surface area contributed by atoms with Crippen LogP contribution >= 0.6 is 11.8 Å². The van der Waals surface area contributed by atoms with Gasteiger partial charge in [0.25, 0.3) is 0 Å². The van der Waals surface area contributed by atoms with Crippen molar-refractivity contribution in [1.82, 2.24) is 10.6 Å². The molecular formula is C23H29N3O4S. The molecule has 0 aliphatic heterocycles. The van der Waals surface area contributed by atoms with Crippen molar-refractivity contribution in [3.63, 3.8) is 0 Å². The molecular weight excluding hydrogens is 414 g/mol. The van der Waals surface area contributed by atoms with Crippen molar-refractivity contribution in [3.8, 4) is 0 Å². The fourth-order valence-electron chi connectivity index (χ4n) is 3.06. The Hall–Kier alpha value is -2.84. The Morgan fingerprint density at radius 1 is 0.871 bits per heavy atom. The van der Waals surface area contributed by atoms with Gasteiger partial charge in [-0.15, -0.1) is 0 Å². The number of hydrogen-bond donors (Lipinski definition) is 4. The first-order valence-corrected chi connectivity index (χ1v) is 11.5. The molecule has 3 unspecified atom stereocenters. The maximum absolute atomic E-state index is 12.9. The summed E-state index contributed by atoms with van der Waals surface area (Å²) in [6.07, 6.45) is 2.72. The van der Waals surface area contributed by atoms with E-state index in [4.69, 9.17) is 5.73 Å². The van der Waals surface area contributed by atoms with Crippen LogP contribution in [0.5, 0.6) is 0 Å². The maximum atomic E-state index is 12.9. The molecule has 2 aromatic rings. The summed E-state index contributed by atoms with van der Waals surface area (Å²) in [6, 6.07) is 15.8. The highest BCUT2D eigenvalue weighted by Gasteiger charge is 2.28. The first-order valence-electron chi connectivity index (χ1n) is 10.1. The summed E-state index contributed by atoms with van der Waals surface area (Å²) in [5, 5.41) is 14.7. The molecule has 0 fully saturated rings. The number of carbonyl (C=O) groups is 3. The van der Waals surface area contributed by atoms with E-state index in [1.54, 1.807) is 0 Å². The summed E-state index contributed by atoms with van der Waals surface area (Å²) in [7, 11) is 0. The highest BCUT2D eigenvalue weighted by molar-refractivity contribution is 7.98. The largest absolute Gasteiger partial charge is 0.480 e. The van der Waals surface area contributed by atoms with Gasteiger partial charge in [0.1, 0.15) is 12.1 Å². The van der Waals surface area contributed by atoms with Gasteiger partial charge in [-0.2, -0.15) is 11.8 Å². The lowest BCUT2D eigenvalue weighted by atomic mass is 10.0. The number of carbonyl (C=O) groups excluding carboxylic acids is 2. The van der Waals surface area contributed by atoms with Gasteiger partial charge in [0.05, 0.1) is 6.04 Å². The SMILES string of the molecule is CSCCC(NC(=O)C(Cc1ccccc1)NC(=O)C(N)Cc1ccccc1)C(=O)O. The van der Waals surface area contributed by atoms with Crippen molar-refractivity contribution >= 4 is 29.5 Å². The second kappa shape index (κ2) is 12.8. The first kappa shape index (κ1) is 24.4. The normalized spacial score (nSPS) is 13.6. The van der Waals surface area contributed by atoms with Gasteiger partial charge in [-0.1, -0.05) is 60.7 Å². The van der Waals surface area contributed by atoms with Crippen LogP contribution in [-0.2, 0) is 27.2 Å². The molecule has 0 saturated carbocycles. The van der Waals surface area contributed by atoms with E-state index in [1.165, 1.54) is 11.8 Å². The van der Waals surface area contributed by atoms with Crippen molar-refractivity contribution in [3.05, 3.63) is 71.8 Å². The predicted octanol–water partition coefficient (Wildman–Crippen LogP) is 1.61. The lowest BCUT2D eigenvalue weighted by Crippen LogP contribution is -2.55. The number of nitrogens with one attached hydrogen (secondary N) is 2. The predicted molar refractivity (Wildman–Crippen MR) is 123 cm³/mol. The molecule has 0 radical (unpaired) electrons. The minimum absolute atomic E-state index is 0.228. The molecule has 7 nitrogen and oxygen atoms in total. The average molecular weight is 444 g/mol. The van der Waals surface area contributed by atoms with E-state index >= 15 is 0 Å². The molecule has 0 bridgehead atoms. The molecule has 0 aliphatic rings. The first-order chi connectivity index (χ1) is 14.9. The zero-order chi connectivity index (χ0) is 22.6. The van der Waals surface area contributed by atoms with Crippen LogP contribution in [0.2, 0.25) is 0 Å². The third-order valence-electron chi connectivity index (χ3n) is 4.78. The number of rotatable bonds is 12. The van der Waals surface area contributed by atoms with E-state index in [9.17, 15) is 19.5 Å². The van der Waals surface area contributed by atoms with Gasteiger partial charge in [-0.3, -0.25) is 9.59 Å². The Morgan fingerprint density at radius 2 is 1.39 bits per heavy atom. The van der Waals surface area contributed by atoms with Gasteiger partial charge in [0, 0.05) is 6.42 Å². The van der Waals surface area contributed by atoms with Gasteiger partial charge in [0.2, 0.25) is 11.8 Å². The Morgan fingerprint density at radius 3 is 1.90 bits per heavy atom. The zero-order valence-electron chi connectivity index (χ0n) is 17.5. The minimum Gasteiger partial charge on any atom is -0.480 e. The topological polar surface area (TPSA) is 122 Å². The highest BCUT2D eigenvalue weighted by atomic mass is 32.2. The second-order valence-corrected chi connectivity index (χ2v) is 8.21. The standard InChI is InChI=1S/C23H29N3O4S/c1-31-13-12-19(23(29)30)25-22(28)20(15-17-10-6-3-7-11-17)26-21(27)18(24)14-16-8-4-2-5-9-16/h2-11,18-20H,12-15,24H2,1H3,(H,25,28)(H,26,27)(H,29,30). The number of carboxylic acids is 1. The van der Waals surface area contributed by atoms with Gasteiger partial charge < -0.3 is 21.5 Å². The highest BCUT2D eigenvalue weighted by Crippen LogP contribution is 2.07. The smallest absolute Gasteiger partial charge is 0.326 e. The number of hydrogen-bond acceptors (Lipinski definition) is 5. The molecule has 8 heteroatoms. The molecule has 0 aromatic heterocycles. The fourth-order valence-corrected chi connectivity index (χ4v) is 3.54. The van der Waals surface area contributed by atoms with E-state index in [0.29, 0.717) is 18.6 Å². The Balaban J connectivity index is 2.10. The van der Waals surface area contributed by atoms with Crippen molar-refractivity contribution in [1.29, 1.82) is 0 Å². The minimum atomic E-state index is -1.10. The Bertz CT molecular complexity index is 848. The molecule has 0 heterocycles. The Labute approximate surface area is 186 Å². The summed E-state index contributed by atoms with van der Waals surface area (Å²) < 4.78 is 0. The average Bonchev–Trinajstić information content (AvgIpc) is 2.77. The van der Waals surface area contributed by atoms with Crippen molar-refractivity contribution in [2.75, 3.05) is 12.0 Å². The zero-order valence-corrected chi connectivity index (χ0v) is 18.3. The molecule has 3 atom stereocenters. The molecule has 31 heavy (non-hydrogen) atoms. The number of thioether (sulfide) groups is 1. The second-order valence-electron chi connectivity index (χ2n) is 7.23. The van der Waals surface area contributed by atoms with E-state index in [2.05, 4.69) is 10.6 Å². The van der Waals surface area contributed by atoms with Gasteiger partial charge in [0.15, 0.2) is 0 Å². The van der Waals surface area contributed by atoms with Crippen LogP contribution in [0.15, 0.2) is 60.7 Å². The summed E-state index contributed by atoms with van der Waals surface area (Å²) in [6.45, 7) is 0. The van der Waals surface area contributed by atoms with Gasteiger partial charge in [-0.25, -0.2) is 4.79 Å². The summed E-state index contributed by atoms with van der Waals surface area (Å²) in [4.78, 5) is 37.1. The van der Waals surface area contributed by atoms with Crippen LogP contribution in [-0.4, -0.2) is 53.0 Å². The molecule has 166 valence electrons. The van der Waals surface area contributed by atoms with Crippen LogP contribution < -0.4 is 16.4 Å². The molecule has 0 saturated heterocycles. The molecule has 5 N–H and O–H groups in total. The molecule has 0 spiro atoms. The number of nitrogens with two attached hydrogens (primary N) is 1. The van der Waals surface area contributed by atoms with E-state index in [1.807, 2.05) is 66.9 Å². The quantitative estimate of drug-likeness (QED) is 0.395. The van der Waals surface area contributed by atoms with Crippen molar-refractivity contribution in [2.24, 2.45) is 5.73 Å². The summed E-state index contributed by atoms with van der Waals surface area (Å²) in [5.41, 5.74) is 7.82. The Kier molecular flexibility index (Phi) is 10.1. The monoisotopic (exact) mass is 443 g/mol. The lowest BCUT2D eigenvalue weighted by Gasteiger charge is -2.23. The third-order valence-corrected chi connectivity index (χ3v) is 5.42. The fraction of sp³-hybridized carbons (Fsp3) is 0.348. The molecule has 2 amide bonds.